The predicted octanol–water partition coefficient (Wildman–Crippen LogP) is 3.13. The largest absolute Gasteiger partial charge is 0.492 e. The summed E-state index contributed by atoms with van der Waals surface area (Å²) in [5.41, 5.74) is 2.41. The third-order valence-corrected chi connectivity index (χ3v) is 6.37. The van der Waals surface area contributed by atoms with Crippen molar-refractivity contribution in [2.45, 2.75) is 37.6 Å². The minimum Gasteiger partial charge on any atom is -0.492 e. The van der Waals surface area contributed by atoms with E-state index in [9.17, 15) is 8.42 Å². The number of nitrogens with zero attached hydrogens (tertiary/aromatic N) is 1. The fourth-order valence-electron chi connectivity index (χ4n) is 3.47. The molecule has 0 radical (unpaired) electrons. The summed E-state index contributed by atoms with van der Waals surface area (Å²) in [4.78, 5) is 2.66. The van der Waals surface area contributed by atoms with Gasteiger partial charge in [0, 0.05) is 12.6 Å². The molecule has 0 atom stereocenters. The Morgan fingerprint density at radius 1 is 1.04 bits per heavy atom. The molecule has 1 saturated heterocycles. The van der Waals surface area contributed by atoms with Crippen LogP contribution in [-0.4, -0.2) is 45.6 Å². The number of rotatable bonds is 7. The Hall–Kier alpha value is -1.89. The summed E-state index contributed by atoms with van der Waals surface area (Å²) in [7, 11) is -3.43. The first kappa shape index (κ1) is 19.9. The van der Waals surface area contributed by atoms with Crippen molar-refractivity contribution < 1.29 is 13.2 Å². The van der Waals surface area contributed by atoms with E-state index in [0.717, 1.165) is 38.2 Å². The third kappa shape index (κ3) is 5.79. The van der Waals surface area contributed by atoms with E-state index >= 15 is 0 Å². The highest BCUT2D eigenvalue weighted by atomic mass is 32.2. The summed E-state index contributed by atoms with van der Waals surface area (Å²) in [6.45, 7) is 7.38. The van der Waals surface area contributed by atoms with Crippen molar-refractivity contribution in [3.8, 4) is 5.75 Å². The SMILES string of the molecule is Cc1cc(C)cc(OCCN2CCC(NS(=O)(=O)c3ccccc3)CC2)c1. The normalized spacial score (nSPS) is 16.4. The van der Waals surface area contributed by atoms with Gasteiger partial charge < -0.3 is 4.74 Å². The number of hydrogen-bond acceptors (Lipinski definition) is 4. The fraction of sp³-hybridized carbons (Fsp3) is 0.429. The van der Waals surface area contributed by atoms with Gasteiger partial charge in [0.25, 0.3) is 0 Å². The average molecular weight is 389 g/mol. The van der Waals surface area contributed by atoms with Gasteiger partial charge in [0.15, 0.2) is 0 Å². The number of benzene rings is 2. The van der Waals surface area contributed by atoms with Crippen molar-refractivity contribution in [2.75, 3.05) is 26.2 Å². The highest BCUT2D eigenvalue weighted by Crippen LogP contribution is 2.17. The standard InChI is InChI=1S/C21H28N2O3S/c1-17-14-18(2)16-20(15-17)26-13-12-23-10-8-19(9-11-23)22-27(24,25)21-6-4-3-5-7-21/h3-7,14-16,19,22H,8-13H2,1-2H3. The lowest BCUT2D eigenvalue weighted by atomic mass is 10.1. The highest BCUT2D eigenvalue weighted by molar-refractivity contribution is 7.89. The lowest BCUT2D eigenvalue weighted by Gasteiger charge is -2.32. The first-order valence-electron chi connectivity index (χ1n) is 9.43. The van der Waals surface area contributed by atoms with Crippen LogP contribution >= 0.6 is 0 Å². The summed E-state index contributed by atoms with van der Waals surface area (Å²) < 4.78 is 33.6. The molecule has 1 heterocycles. The summed E-state index contributed by atoms with van der Waals surface area (Å²) in [5.74, 6) is 0.915. The van der Waals surface area contributed by atoms with Crippen LogP contribution in [0.5, 0.6) is 5.75 Å². The molecule has 2 aromatic rings. The molecule has 0 aliphatic carbocycles. The zero-order valence-corrected chi connectivity index (χ0v) is 16.8. The molecule has 1 fully saturated rings. The molecule has 0 spiro atoms. The monoisotopic (exact) mass is 388 g/mol. The second-order valence-corrected chi connectivity index (χ2v) is 8.94. The maximum absolute atomic E-state index is 12.4. The Bertz CT molecular complexity index is 825. The minimum absolute atomic E-state index is 0.00760. The molecule has 27 heavy (non-hydrogen) atoms. The van der Waals surface area contributed by atoms with Crippen molar-refractivity contribution >= 4 is 10.0 Å². The molecule has 0 aromatic heterocycles. The molecule has 0 bridgehead atoms. The van der Waals surface area contributed by atoms with Crippen LogP contribution < -0.4 is 9.46 Å². The molecule has 0 amide bonds. The van der Waals surface area contributed by atoms with Gasteiger partial charge in [-0.3, -0.25) is 4.90 Å². The number of nitrogens with one attached hydrogen (secondary N) is 1. The Balaban J connectivity index is 1.42. The van der Waals surface area contributed by atoms with Crippen LogP contribution in [0.3, 0.4) is 0 Å². The lowest BCUT2D eigenvalue weighted by Crippen LogP contribution is -2.45. The van der Waals surface area contributed by atoms with Gasteiger partial charge in [-0.15, -0.1) is 0 Å². The molecule has 5 nitrogen and oxygen atoms in total. The number of hydrogen-bond donors (Lipinski definition) is 1. The third-order valence-electron chi connectivity index (χ3n) is 4.83. The van der Waals surface area contributed by atoms with E-state index in [1.807, 2.05) is 6.07 Å². The zero-order chi connectivity index (χ0) is 19.3. The van der Waals surface area contributed by atoms with Crippen LogP contribution in [0.15, 0.2) is 53.4 Å². The van der Waals surface area contributed by atoms with E-state index in [-0.39, 0.29) is 6.04 Å². The van der Waals surface area contributed by atoms with E-state index in [2.05, 4.69) is 41.7 Å². The van der Waals surface area contributed by atoms with Crippen LogP contribution in [0.1, 0.15) is 24.0 Å². The van der Waals surface area contributed by atoms with Gasteiger partial charge in [0.2, 0.25) is 10.0 Å². The van der Waals surface area contributed by atoms with Crippen molar-refractivity contribution in [3.63, 3.8) is 0 Å². The van der Waals surface area contributed by atoms with Gasteiger partial charge in [0.05, 0.1) is 4.90 Å². The molecule has 0 unspecified atom stereocenters. The number of sulfonamides is 1. The second-order valence-electron chi connectivity index (χ2n) is 7.22. The van der Waals surface area contributed by atoms with Crippen LogP contribution in [0.4, 0.5) is 0 Å². The van der Waals surface area contributed by atoms with Crippen LogP contribution in [0.2, 0.25) is 0 Å². The Labute approximate surface area is 162 Å². The summed E-state index contributed by atoms with van der Waals surface area (Å²) in [6, 6.07) is 14.8. The molecule has 1 N–H and O–H groups in total. The average Bonchev–Trinajstić information content (AvgIpc) is 2.63. The van der Waals surface area contributed by atoms with E-state index in [1.165, 1.54) is 11.1 Å². The molecule has 146 valence electrons. The highest BCUT2D eigenvalue weighted by Gasteiger charge is 2.24. The zero-order valence-electron chi connectivity index (χ0n) is 16.0. The van der Waals surface area contributed by atoms with E-state index in [1.54, 1.807) is 24.3 Å². The molecular formula is C21H28N2O3S. The predicted molar refractivity (Wildman–Crippen MR) is 108 cm³/mol. The number of ether oxygens (including phenoxy) is 1. The smallest absolute Gasteiger partial charge is 0.240 e. The van der Waals surface area contributed by atoms with Gasteiger partial charge in [0.1, 0.15) is 12.4 Å². The molecule has 3 rings (SSSR count). The first-order chi connectivity index (χ1) is 12.9. The second kappa shape index (κ2) is 8.87. The number of aryl methyl sites for hydroxylation is 2. The topological polar surface area (TPSA) is 58.6 Å². The van der Waals surface area contributed by atoms with Crippen molar-refractivity contribution in [1.82, 2.24) is 9.62 Å². The van der Waals surface area contributed by atoms with Crippen LogP contribution in [0.25, 0.3) is 0 Å². The molecule has 1 aliphatic rings. The van der Waals surface area contributed by atoms with Crippen LogP contribution in [-0.2, 0) is 10.0 Å². The number of piperidine rings is 1. The molecule has 2 aromatic carbocycles. The Morgan fingerprint density at radius 2 is 1.67 bits per heavy atom. The number of likely N-dealkylation sites (tertiary alicyclic amines) is 1. The maximum atomic E-state index is 12.4. The van der Waals surface area contributed by atoms with Crippen molar-refractivity contribution in [3.05, 3.63) is 59.7 Å². The van der Waals surface area contributed by atoms with Crippen molar-refractivity contribution in [2.24, 2.45) is 0 Å². The molecule has 0 saturated carbocycles. The molecule has 6 heteroatoms. The first-order valence-corrected chi connectivity index (χ1v) is 10.9. The lowest BCUT2D eigenvalue weighted by molar-refractivity contribution is 0.170. The van der Waals surface area contributed by atoms with E-state index < -0.39 is 10.0 Å². The minimum atomic E-state index is -3.43. The summed E-state index contributed by atoms with van der Waals surface area (Å²) >= 11 is 0. The van der Waals surface area contributed by atoms with Gasteiger partial charge >= 0.3 is 0 Å². The van der Waals surface area contributed by atoms with Gasteiger partial charge in [-0.05, 0) is 75.2 Å². The van der Waals surface area contributed by atoms with Gasteiger partial charge in [-0.2, -0.15) is 0 Å². The maximum Gasteiger partial charge on any atom is 0.240 e. The van der Waals surface area contributed by atoms with E-state index in [4.69, 9.17) is 4.74 Å². The Kier molecular flexibility index (Phi) is 6.52. The molecular weight excluding hydrogens is 360 g/mol. The fourth-order valence-corrected chi connectivity index (χ4v) is 4.80. The Morgan fingerprint density at radius 3 is 2.30 bits per heavy atom. The van der Waals surface area contributed by atoms with Crippen LogP contribution in [0, 0.1) is 13.8 Å². The van der Waals surface area contributed by atoms with Crippen molar-refractivity contribution in [1.29, 1.82) is 0 Å². The van der Waals surface area contributed by atoms with E-state index in [0.29, 0.717) is 11.5 Å². The molecule has 1 aliphatic heterocycles. The quantitative estimate of drug-likeness (QED) is 0.792. The summed E-state index contributed by atoms with van der Waals surface area (Å²) in [6.07, 6.45) is 1.63. The van der Waals surface area contributed by atoms with Gasteiger partial charge in [-0.1, -0.05) is 24.3 Å². The summed E-state index contributed by atoms with van der Waals surface area (Å²) in [5, 5.41) is 0. The van der Waals surface area contributed by atoms with Gasteiger partial charge in [-0.25, -0.2) is 13.1 Å².